The minimum absolute atomic E-state index is 0.00972. The quantitative estimate of drug-likeness (QED) is 0.689. The molecule has 0 radical (unpaired) electrons. The van der Waals surface area contributed by atoms with E-state index < -0.39 is 20.6 Å². The molecule has 1 saturated heterocycles. The van der Waals surface area contributed by atoms with E-state index in [0.717, 1.165) is 6.42 Å². The summed E-state index contributed by atoms with van der Waals surface area (Å²) in [5, 5.41) is 8.88. The molecule has 76 valence electrons. The molecule has 0 saturated carbocycles. The third kappa shape index (κ3) is 1.70. The van der Waals surface area contributed by atoms with Crippen LogP contribution >= 0.6 is 0 Å². The van der Waals surface area contributed by atoms with E-state index in [4.69, 9.17) is 5.11 Å². The number of hydrogen-bond donors (Lipinski definition) is 1. The number of carboxylic acids is 1. The van der Waals surface area contributed by atoms with Crippen LogP contribution in [-0.4, -0.2) is 30.0 Å². The predicted molar refractivity (Wildman–Crippen MR) is 48.3 cm³/mol. The van der Waals surface area contributed by atoms with Gasteiger partial charge in [-0.25, -0.2) is 8.42 Å². The van der Waals surface area contributed by atoms with E-state index in [-0.39, 0.29) is 12.2 Å². The van der Waals surface area contributed by atoms with E-state index in [1.165, 1.54) is 6.92 Å². The molecule has 0 bridgehead atoms. The van der Waals surface area contributed by atoms with Crippen LogP contribution in [0.15, 0.2) is 0 Å². The van der Waals surface area contributed by atoms with Crippen LogP contribution < -0.4 is 0 Å². The molecule has 1 fully saturated rings. The molecule has 4 nitrogen and oxygen atoms in total. The molecule has 1 aliphatic heterocycles. The average Bonchev–Trinajstić information content (AvgIpc) is 2.13. The van der Waals surface area contributed by atoms with E-state index in [1.54, 1.807) is 0 Å². The van der Waals surface area contributed by atoms with Crippen molar-refractivity contribution in [2.75, 3.05) is 5.75 Å². The lowest BCUT2D eigenvalue weighted by atomic mass is 10.0. The Kier molecular flexibility index (Phi) is 2.66. The fourth-order valence-corrected chi connectivity index (χ4v) is 3.31. The molecule has 0 amide bonds. The van der Waals surface area contributed by atoms with Crippen molar-refractivity contribution in [2.24, 2.45) is 0 Å². The molecule has 1 heterocycles. The Labute approximate surface area is 77.9 Å². The zero-order valence-corrected chi connectivity index (χ0v) is 8.43. The summed E-state index contributed by atoms with van der Waals surface area (Å²) in [6.07, 6.45) is 2.32. The minimum Gasteiger partial charge on any atom is -0.480 e. The monoisotopic (exact) mass is 206 g/mol. The summed E-state index contributed by atoms with van der Waals surface area (Å²) in [6.45, 7) is 1.32. The predicted octanol–water partition coefficient (Wildman–Crippen LogP) is 0.819. The van der Waals surface area contributed by atoms with Crippen molar-refractivity contribution in [1.82, 2.24) is 0 Å². The fraction of sp³-hybridized carbons (Fsp3) is 0.875. The third-order valence-corrected chi connectivity index (χ3v) is 5.28. The van der Waals surface area contributed by atoms with Crippen molar-refractivity contribution >= 4 is 15.8 Å². The number of sulfone groups is 1. The highest BCUT2D eigenvalue weighted by atomic mass is 32.2. The van der Waals surface area contributed by atoms with Gasteiger partial charge < -0.3 is 5.11 Å². The van der Waals surface area contributed by atoms with Crippen molar-refractivity contribution in [2.45, 2.75) is 37.4 Å². The second kappa shape index (κ2) is 3.29. The van der Waals surface area contributed by atoms with Crippen molar-refractivity contribution in [3.05, 3.63) is 0 Å². The van der Waals surface area contributed by atoms with Gasteiger partial charge in [0.25, 0.3) is 0 Å². The Balaban J connectivity index is 3.10. The van der Waals surface area contributed by atoms with Crippen molar-refractivity contribution in [3.8, 4) is 0 Å². The molecule has 0 aromatic rings. The molecule has 13 heavy (non-hydrogen) atoms. The summed E-state index contributed by atoms with van der Waals surface area (Å²) in [5.74, 6) is -1.20. The maximum absolute atomic E-state index is 11.6. The van der Waals surface area contributed by atoms with Crippen molar-refractivity contribution in [3.63, 3.8) is 0 Å². The Morgan fingerprint density at radius 2 is 1.92 bits per heavy atom. The van der Waals surface area contributed by atoms with Gasteiger partial charge in [-0.05, 0) is 19.8 Å². The van der Waals surface area contributed by atoms with Gasteiger partial charge in [0, 0.05) is 0 Å². The number of hydrogen-bond acceptors (Lipinski definition) is 3. The van der Waals surface area contributed by atoms with Gasteiger partial charge in [0.1, 0.15) is 0 Å². The number of aliphatic carboxylic acids is 1. The second-order valence-corrected chi connectivity index (χ2v) is 6.20. The Morgan fingerprint density at radius 3 is 2.46 bits per heavy atom. The average molecular weight is 206 g/mol. The first-order valence-corrected chi connectivity index (χ1v) is 6.01. The second-order valence-electron chi connectivity index (χ2n) is 3.67. The number of rotatable bonds is 1. The van der Waals surface area contributed by atoms with Gasteiger partial charge in [-0.15, -0.1) is 0 Å². The van der Waals surface area contributed by atoms with Crippen molar-refractivity contribution in [1.29, 1.82) is 0 Å². The first-order chi connectivity index (χ1) is 5.90. The highest BCUT2D eigenvalue weighted by molar-refractivity contribution is 7.93. The van der Waals surface area contributed by atoms with E-state index in [1.807, 2.05) is 0 Å². The molecule has 1 rings (SSSR count). The van der Waals surface area contributed by atoms with E-state index in [9.17, 15) is 13.2 Å². The van der Waals surface area contributed by atoms with Crippen LogP contribution in [0.5, 0.6) is 0 Å². The summed E-state index contributed by atoms with van der Waals surface area (Å²) in [6, 6.07) is 0. The normalized spacial score (nSPS) is 33.6. The van der Waals surface area contributed by atoms with Crippen LogP contribution in [-0.2, 0) is 14.6 Å². The Bertz CT molecular complexity index is 306. The van der Waals surface area contributed by atoms with E-state index in [2.05, 4.69) is 0 Å². The molecular weight excluding hydrogens is 192 g/mol. The standard InChI is InChI=1S/C8H14O4S/c1-8(7(9)10)5-3-2-4-6-13(8,11)12/h2-6H2,1H3,(H,9,10). The minimum atomic E-state index is -3.46. The molecule has 1 atom stereocenters. The molecule has 0 aliphatic carbocycles. The van der Waals surface area contributed by atoms with Gasteiger partial charge in [0.05, 0.1) is 5.75 Å². The third-order valence-electron chi connectivity index (χ3n) is 2.71. The molecule has 0 aromatic carbocycles. The van der Waals surface area contributed by atoms with Crippen LogP contribution in [0, 0.1) is 0 Å². The number of carbonyl (C=O) groups is 1. The maximum Gasteiger partial charge on any atom is 0.324 e. The van der Waals surface area contributed by atoms with E-state index in [0.29, 0.717) is 12.8 Å². The summed E-state index contributed by atoms with van der Waals surface area (Å²) in [4.78, 5) is 10.9. The van der Waals surface area contributed by atoms with Gasteiger partial charge in [-0.1, -0.05) is 12.8 Å². The first-order valence-electron chi connectivity index (χ1n) is 4.36. The Morgan fingerprint density at radius 1 is 1.31 bits per heavy atom. The molecule has 1 N–H and O–H groups in total. The maximum atomic E-state index is 11.6. The highest BCUT2D eigenvalue weighted by Gasteiger charge is 2.46. The highest BCUT2D eigenvalue weighted by Crippen LogP contribution is 2.29. The zero-order valence-electron chi connectivity index (χ0n) is 7.62. The van der Waals surface area contributed by atoms with Crippen LogP contribution in [0.25, 0.3) is 0 Å². The van der Waals surface area contributed by atoms with Gasteiger partial charge in [0.2, 0.25) is 0 Å². The lowest BCUT2D eigenvalue weighted by Gasteiger charge is -2.21. The molecular formula is C8H14O4S. The summed E-state index contributed by atoms with van der Waals surface area (Å²) < 4.78 is 21.6. The zero-order chi connectivity index (χ0) is 10.1. The molecule has 1 aliphatic rings. The fourth-order valence-electron chi connectivity index (χ4n) is 1.55. The molecule has 5 heteroatoms. The van der Waals surface area contributed by atoms with Gasteiger partial charge in [-0.2, -0.15) is 0 Å². The summed E-state index contributed by atoms with van der Waals surface area (Å²) in [7, 11) is -3.46. The smallest absolute Gasteiger partial charge is 0.324 e. The van der Waals surface area contributed by atoms with Crippen LogP contribution in [0.1, 0.15) is 32.6 Å². The molecule has 0 spiro atoms. The lowest BCUT2D eigenvalue weighted by Crippen LogP contribution is -2.43. The van der Waals surface area contributed by atoms with Gasteiger partial charge in [-0.3, -0.25) is 4.79 Å². The van der Waals surface area contributed by atoms with Gasteiger partial charge in [0.15, 0.2) is 14.6 Å². The largest absolute Gasteiger partial charge is 0.480 e. The van der Waals surface area contributed by atoms with E-state index >= 15 is 0 Å². The van der Waals surface area contributed by atoms with Crippen LogP contribution in [0.4, 0.5) is 0 Å². The molecule has 0 aromatic heterocycles. The SMILES string of the molecule is CC1(C(=O)O)CCCCCS1(=O)=O. The number of carboxylic acid groups (broad SMARTS) is 1. The van der Waals surface area contributed by atoms with Crippen LogP contribution in [0.2, 0.25) is 0 Å². The molecule has 1 unspecified atom stereocenters. The summed E-state index contributed by atoms with van der Waals surface area (Å²) in [5.41, 5.74) is 0. The van der Waals surface area contributed by atoms with Crippen molar-refractivity contribution < 1.29 is 18.3 Å². The topological polar surface area (TPSA) is 71.4 Å². The lowest BCUT2D eigenvalue weighted by molar-refractivity contribution is -0.139. The Hall–Kier alpha value is -0.580. The first kappa shape index (κ1) is 10.5. The van der Waals surface area contributed by atoms with Gasteiger partial charge >= 0.3 is 5.97 Å². The summed E-state index contributed by atoms with van der Waals surface area (Å²) >= 11 is 0. The van der Waals surface area contributed by atoms with Crippen LogP contribution in [0.3, 0.4) is 0 Å².